The third-order valence-corrected chi connectivity index (χ3v) is 7.33. The van der Waals surface area contributed by atoms with Gasteiger partial charge in [-0.1, -0.05) is 37.5 Å². The van der Waals surface area contributed by atoms with Gasteiger partial charge in [-0.15, -0.1) is 0 Å². The first kappa shape index (κ1) is 22.6. The molecule has 1 N–H and O–H groups in total. The van der Waals surface area contributed by atoms with Crippen LogP contribution in [0.25, 0.3) is 0 Å². The highest BCUT2D eigenvalue weighted by Gasteiger charge is 2.33. The maximum Gasteiger partial charge on any atom is 0.264 e. The minimum atomic E-state index is -3.72. The molecule has 0 atom stereocenters. The lowest BCUT2D eigenvalue weighted by atomic mass is 9.83. The topological polar surface area (TPSA) is 99.5 Å². The molecule has 0 aromatic heterocycles. The Balaban J connectivity index is 1.63. The van der Waals surface area contributed by atoms with Crippen molar-refractivity contribution in [1.29, 1.82) is 5.26 Å². The number of para-hydroxylation sites is 1. The number of nitrogens with one attached hydrogen (secondary N) is 1. The number of ether oxygens (including phenoxy) is 1. The molecule has 0 radical (unpaired) electrons. The summed E-state index contributed by atoms with van der Waals surface area (Å²) in [6.07, 6.45) is 4.21. The van der Waals surface area contributed by atoms with E-state index in [-0.39, 0.29) is 17.4 Å². The molecule has 0 saturated heterocycles. The summed E-state index contributed by atoms with van der Waals surface area (Å²) in [6, 6.07) is 17.1. The van der Waals surface area contributed by atoms with Gasteiger partial charge in [0.25, 0.3) is 15.9 Å². The van der Waals surface area contributed by atoms with Crippen LogP contribution in [0, 0.1) is 11.3 Å². The molecule has 8 heteroatoms. The lowest BCUT2D eigenvalue weighted by Crippen LogP contribution is -2.50. The summed E-state index contributed by atoms with van der Waals surface area (Å²) in [7, 11) is -3.72. The molecular formula is C23H27N3O4S. The van der Waals surface area contributed by atoms with Gasteiger partial charge in [0.15, 0.2) is 6.61 Å². The molecule has 1 saturated carbocycles. The Hall–Kier alpha value is -3.05. The first-order valence-electron chi connectivity index (χ1n) is 10.4. The van der Waals surface area contributed by atoms with Crippen LogP contribution in [-0.2, 0) is 14.8 Å². The zero-order valence-corrected chi connectivity index (χ0v) is 18.4. The summed E-state index contributed by atoms with van der Waals surface area (Å²) in [5.74, 6) is 0.0212. The van der Waals surface area contributed by atoms with Crippen molar-refractivity contribution in [1.82, 2.24) is 5.32 Å². The highest BCUT2D eigenvalue weighted by molar-refractivity contribution is 7.92. The number of nitriles is 1. The molecule has 1 aliphatic carbocycles. The lowest BCUT2D eigenvalue weighted by molar-refractivity contribution is -0.124. The number of sulfonamides is 1. The number of hydrogen-bond donors (Lipinski definition) is 1. The van der Waals surface area contributed by atoms with Crippen molar-refractivity contribution in [3.63, 3.8) is 0 Å². The van der Waals surface area contributed by atoms with Crippen molar-refractivity contribution >= 4 is 21.6 Å². The van der Waals surface area contributed by atoms with E-state index in [1.807, 2.05) is 6.07 Å². The van der Waals surface area contributed by atoms with E-state index >= 15 is 0 Å². The van der Waals surface area contributed by atoms with Crippen LogP contribution in [0.4, 0.5) is 5.69 Å². The van der Waals surface area contributed by atoms with E-state index in [1.165, 1.54) is 28.6 Å². The summed E-state index contributed by atoms with van der Waals surface area (Å²) < 4.78 is 32.9. The van der Waals surface area contributed by atoms with Gasteiger partial charge < -0.3 is 10.1 Å². The first-order chi connectivity index (χ1) is 14.9. The minimum Gasteiger partial charge on any atom is -0.484 e. The van der Waals surface area contributed by atoms with Crippen LogP contribution in [0.2, 0.25) is 0 Å². The fourth-order valence-electron chi connectivity index (χ4n) is 3.79. The van der Waals surface area contributed by atoms with Crippen LogP contribution in [0.5, 0.6) is 5.75 Å². The number of benzene rings is 2. The van der Waals surface area contributed by atoms with Gasteiger partial charge in [-0.3, -0.25) is 9.10 Å². The van der Waals surface area contributed by atoms with E-state index in [4.69, 9.17) is 4.74 Å². The quantitative estimate of drug-likeness (QED) is 0.674. The molecule has 2 aromatic carbocycles. The Kier molecular flexibility index (Phi) is 7.18. The minimum absolute atomic E-state index is 0.139. The molecule has 0 bridgehead atoms. The van der Waals surface area contributed by atoms with Crippen molar-refractivity contribution in [2.75, 3.05) is 17.5 Å². The molecule has 3 rings (SSSR count). The third-order valence-electron chi connectivity index (χ3n) is 5.41. The van der Waals surface area contributed by atoms with Crippen molar-refractivity contribution in [2.24, 2.45) is 0 Å². The Labute approximate surface area is 183 Å². The summed E-state index contributed by atoms with van der Waals surface area (Å²) in [5, 5.41) is 12.3. The smallest absolute Gasteiger partial charge is 0.264 e. The zero-order valence-electron chi connectivity index (χ0n) is 17.6. The first-order valence-corrected chi connectivity index (χ1v) is 11.9. The van der Waals surface area contributed by atoms with Gasteiger partial charge in [0, 0.05) is 6.54 Å². The van der Waals surface area contributed by atoms with Gasteiger partial charge in [0.2, 0.25) is 0 Å². The van der Waals surface area contributed by atoms with Crippen molar-refractivity contribution in [2.45, 2.75) is 49.5 Å². The standard InChI is InChI=1S/C23H27N3O4S/c1-2-26(19-9-5-3-6-10-19)31(28,29)21-13-11-20(12-14-21)30-17-22(27)25-23(18-24)15-7-4-8-16-23/h3,5-6,9-14H,2,4,7-8,15-17H2,1H3,(H,25,27). The zero-order chi connectivity index (χ0) is 22.3. The van der Waals surface area contributed by atoms with Crippen molar-refractivity contribution in [3.8, 4) is 11.8 Å². The predicted molar refractivity (Wildman–Crippen MR) is 118 cm³/mol. The second-order valence-corrected chi connectivity index (χ2v) is 9.43. The molecule has 0 heterocycles. The average Bonchev–Trinajstić information content (AvgIpc) is 2.79. The van der Waals surface area contributed by atoms with E-state index in [9.17, 15) is 18.5 Å². The summed E-state index contributed by atoms with van der Waals surface area (Å²) in [4.78, 5) is 12.4. The Bertz CT molecular complexity index is 1020. The highest BCUT2D eigenvalue weighted by atomic mass is 32.2. The highest BCUT2D eigenvalue weighted by Crippen LogP contribution is 2.28. The molecule has 164 valence electrons. The van der Waals surface area contributed by atoms with Crippen molar-refractivity contribution < 1.29 is 17.9 Å². The number of carbonyl (C=O) groups is 1. The van der Waals surface area contributed by atoms with Crippen LogP contribution in [0.3, 0.4) is 0 Å². The van der Waals surface area contributed by atoms with Crippen molar-refractivity contribution in [3.05, 3.63) is 54.6 Å². The number of rotatable bonds is 8. The molecule has 2 aromatic rings. The molecule has 1 amide bonds. The molecule has 31 heavy (non-hydrogen) atoms. The van der Waals surface area contributed by atoms with Gasteiger partial charge in [0.1, 0.15) is 11.3 Å². The molecule has 0 unspecified atom stereocenters. The van der Waals surface area contributed by atoms with Gasteiger partial charge in [-0.25, -0.2) is 8.42 Å². The number of carbonyl (C=O) groups excluding carboxylic acids is 1. The number of anilines is 1. The van der Waals surface area contributed by atoms with Crippen LogP contribution in [-0.4, -0.2) is 33.0 Å². The maximum atomic E-state index is 13.0. The molecule has 1 aliphatic rings. The maximum absolute atomic E-state index is 13.0. The molecule has 7 nitrogen and oxygen atoms in total. The summed E-state index contributed by atoms with van der Waals surface area (Å²) in [5.41, 5.74) is -0.214. The molecule has 0 spiro atoms. The number of hydrogen-bond acceptors (Lipinski definition) is 5. The van der Waals surface area contributed by atoms with Crippen LogP contribution < -0.4 is 14.4 Å². The molecule has 1 fully saturated rings. The van der Waals surface area contributed by atoms with Crippen LogP contribution in [0.15, 0.2) is 59.5 Å². The summed E-state index contributed by atoms with van der Waals surface area (Å²) in [6.45, 7) is 1.84. The van der Waals surface area contributed by atoms with E-state index in [0.717, 1.165) is 19.3 Å². The van der Waals surface area contributed by atoms with E-state index in [2.05, 4.69) is 11.4 Å². The lowest BCUT2D eigenvalue weighted by Gasteiger charge is -2.31. The fraction of sp³-hybridized carbons (Fsp3) is 0.391. The normalized spacial score (nSPS) is 15.5. The Morgan fingerprint density at radius 1 is 1.10 bits per heavy atom. The van der Waals surface area contributed by atoms with Crippen LogP contribution >= 0.6 is 0 Å². The molecule has 0 aliphatic heterocycles. The molecular weight excluding hydrogens is 414 g/mol. The number of nitrogens with zero attached hydrogens (tertiary/aromatic N) is 2. The monoisotopic (exact) mass is 441 g/mol. The van der Waals surface area contributed by atoms with Gasteiger partial charge in [0.05, 0.1) is 16.7 Å². The Morgan fingerprint density at radius 2 is 1.74 bits per heavy atom. The summed E-state index contributed by atoms with van der Waals surface area (Å²) >= 11 is 0. The largest absolute Gasteiger partial charge is 0.484 e. The predicted octanol–water partition coefficient (Wildman–Crippen LogP) is 3.62. The third kappa shape index (κ3) is 5.36. The fourth-order valence-corrected chi connectivity index (χ4v) is 5.27. The van der Waals surface area contributed by atoms with E-state index in [1.54, 1.807) is 31.2 Å². The van der Waals surface area contributed by atoms with Gasteiger partial charge >= 0.3 is 0 Å². The van der Waals surface area contributed by atoms with Crippen LogP contribution in [0.1, 0.15) is 39.0 Å². The van der Waals surface area contributed by atoms with E-state index < -0.39 is 15.6 Å². The number of amides is 1. The van der Waals surface area contributed by atoms with Gasteiger partial charge in [-0.2, -0.15) is 5.26 Å². The second-order valence-electron chi connectivity index (χ2n) is 7.57. The SMILES string of the molecule is CCN(c1ccccc1)S(=O)(=O)c1ccc(OCC(=O)NC2(C#N)CCCCC2)cc1. The second kappa shape index (κ2) is 9.84. The van der Waals surface area contributed by atoms with Gasteiger partial charge in [-0.05, 0) is 56.2 Å². The average molecular weight is 442 g/mol. The van der Waals surface area contributed by atoms with E-state index in [0.29, 0.717) is 30.8 Å². The Morgan fingerprint density at radius 3 is 2.32 bits per heavy atom.